The normalized spacial score (nSPS) is 10.3. The van der Waals surface area contributed by atoms with Crippen LogP contribution < -0.4 is 19.6 Å². The second-order valence-corrected chi connectivity index (χ2v) is 4.89. The van der Waals surface area contributed by atoms with Crippen LogP contribution in [0.15, 0.2) is 47.6 Å². The number of benzene rings is 2. The number of nitrogens with one attached hydrogen (secondary N) is 1. The first-order valence-electron chi connectivity index (χ1n) is 7.48. The topological polar surface area (TPSA) is 95.5 Å². The van der Waals surface area contributed by atoms with Crippen molar-refractivity contribution in [3.05, 3.63) is 53.6 Å². The number of amides is 1. The van der Waals surface area contributed by atoms with Crippen LogP contribution in [0.25, 0.3) is 0 Å². The molecule has 0 radical (unpaired) electrons. The highest BCUT2D eigenvalue weighted by atomic mass is 16.7. The second kappa shape index (κ2) is 9.07. The third kappa shape index (κ3) is 4.97. The summed E-state index contributed by atoms with van der Waals surface area (Å²) in [5.41, 5.74) is 3.50. The predicted octanol–water partition coefficient (Wildman–Crippen LogP) is 2.61. The zero-order valence-electron chi connectivity index (χ0n) is 14.5. The van der Waals surface area contributed by atoms with Crippen LogP contribution in [0.2, 0.25) is 0 Å². The fourth-order valence-electron chi connectivity index (χ4n) is 1.95. The predicted molar refractivity (Wildman–Crippen MR) is 94.1 cm³/mol. The summed E-state index contributed by atoms with van der Waals surface area (Å²) in [5.74, 6) is 0.826. The molecule has 0 bridgehead atoms. The Bertz CT molecular complexity index is 802. The number of carbonyl (C=O) groups is 2. The molecule has 0 saturated carbocycles. The first-order valence-corrected chi connectivity index (χ1v) is 7.48. The number of hydrogen-bond acceptors (Lipinski definition) is 7. The van der Waals surface area contributed by atoms with Gasteiger partial charge in [-0.25, -0.2) is 10.2 Å². The lowest BCUT2D eigenvalue weighted by molar-refractivity contribution is 0.0954. The molecule has 0 unspecified atom stereocenters. The minimum atomic E-state index is -0.850. The van der Waals surface area contributed by atoms with Crippen LogP contribution in [0, 0.1) is 0 Å². The Balaban J connectivity index is 2.02. The number of rotatable bonds is 6. The molecule has 0 heterocycles. The van der Waals surface area contributed by atoms with Gasteiger partial charge in [-0.3, -0.25) is 4.79 Å². The molecule has 136 valence electrons. The first kappa shape index (κ1) is 18.8. The monoisotopic (exact) mass is 358 g/mol. The van der Waals surface area contributed by atoms with E-state index in [1.165, 1.54) is 26.5 Å². The molecule has 26 heavy (non-hydrogen) atoms. The zero-order valence-corrected chi connectivity index (χ0v) is 14.5. The molecule has 1 N–H and O–H groups in total. The first-order chi connectivity index (χ1) is 12.6. The van der Waals surface area contributed by atoms with Crippen LogP contribution in [-0.2, 0) is 4.74 Å². The van der Waals surface area contributed by atoms with Gasteiger partial charge < -0.3 is 18.9 Å². The molecule has 1 amide bonds. The Kier molecular flexibility index (Phi) is 6.55. The van der Waals surface area contributed by atoms with Gasteiger partial charge in [0.1, 0.15) is 5.75 Å². The Labute approximate surface area is 150 Å². The maximum absolute atomic E-state index is 12.0. The van der Waals surface area contributed by atoms with Gasteiger partial charge in [0.25, 0.3) is 5.91 Å². The summed E-state index contributed by atoms with van der Waals surface area (Å²) in [4.78, 5) is 23.2. The van der Waals surface area contributed by atoms with Crippen LogP contribution >= 0.6 is 0 Å². The van der Waals surface area contributed by atoms with Gasteiger partial charge in [0, 0.05) is 5.56 Å². The van der Waals surface area contributed by atoms with E-state index in [0.717, 1.165) is 0 Å². The average Bonchev–Trinajstić information content (AvgIpc) is 2.68. The van der Waals surface area contributed by atoms with Crippen molar-refractivity contribution in [3.63, 3.8) is 0 Å². The smallest absolute Gasteiger partial charge is 0.497 e. The molecule has 0 aliphatic rings. The number of methoxy groups -OCH3 is 3. The van der Waals surface area contributed by atoms with Crippen molar-refractivity contribution in [2.75, 3.05) is 21.3 Å². The molecule has 0 aliphatic carbocycles. The van der Waals surface area contributed by atoms with Crippen molar-refractivity contribution >= 4 is 18.3 Å². The minimum Gasteiger partial charge on any atom is -0.497 e. The SMILES string of the molecule is COC(=O)Oc1ccc(/C=N\NC(=O)c2ccc(OC)cc2)cc1OC. The van der Waals surface area contributed by atoms with Gasteiger partial charge in [-0.05, 0) is 48.0 Å². The van der Waals surface area contributed by atoms with Gasteiger partial charge in [0.05, 0.1) is 27.5 Å². The Morgan fingerprint density at radius 1 is 0.962 bits per heavy atom. The Morgan fingerprint density at radius 3 is 2.31 bits per heavy atom. The van der Waals surface area contributed by atoms with Crippen molar-refractivity contribution in [1.82, 2.24) is 5.43 Å². The van der Waals surface area contributed by atoms with Crippen LogP contribution in [-0.4, -0.2) is 39.6 Å². The fourth-order valence-corrected chi connectivity index (χ4v) is 1.95. The van der Waals surface area contributed by atoms with E-state index in [0.29, 0.717) is 22.6 Å². The number of hydrazone groups is 1. The Hall–Kier alpha value is -3.55. The maximum Gasteiger partial charge on any atom is 0.513 e. The zero-order chi connectivity index (χ0) is 18.9. The summed E-state index contributed by atoms with van der Waals surface area (Å²) in [6.45, 7) is 0. The quantitative estimate of drug-likeness (QED) is 0.369. The minimum absolute atomic E-state index is 0.207. The highest BCUT2D eigenvalue weighted by Gasteiger charge is 2.10. The van der Waals surface area contributed by atoms with Crippen molar-refractivity contribution in [1.29, 1.82) is 0 Å². The lowest BCUT2D eigenvalue weighted by Crippen LogP contribution is -2.17. The van der Waals surface area contributed by atoms with Crippen molar-refractivity contribution in [2.24, 2.45) is 5.10 Å². The summed E-state index contributed by atoms with van der Waals surface area (Å²) in [6, 6.07) is 11.4. The fraction of sp³-hybridized carbons (Fsp3) is 0.167. The van der Waals surface area contributed by atoms with E-state index >= 15 is 0 Å². The molecular weight excluding hydrogens is 340 g/mol. The molecular formula is C18H18N2O6. The summed E-state index contributed by atoms with van der Waals surface area (Å²) in [7, 11) is 4.20. The Morgan fingerprint density at radius 2 is 1.69 bits per heavy atom. The van der Waals surface area contributed by atoms with Crippen LogP contribution in [0.5, 0.6) is 17.2 Å². The van der Waals surface area contributed by atoms with Gasteiger partial charge in [-0.2, -0.15) is 5.10 Å². The number of ether oxygens (including phenoxy) is 4. The van der Waals surface area contributed by atoms with Gasteiger partial charge in [0.2, 0.25) is 0 Å². The van der Waals surface area contributed by atoms with Crippen LogP contribution in [0.4, 0.5) is 4.79 Å². The number of nitrogens with zero attached hydrogens (tertiary/aromatic N) is 1. The molecule has 2 rings (SSSR count). The van der Waals surface area contributed by atoms with Crippen molar-refractivity contribution < 1.29 is 28.5 Å². The maximum atomic E-state index is 12.0. The van der Waals surface area contributed by atoms with Gasteiger partial charge in [-0.1, -0.05) is 0 Å². The molecule has 0 aliphatic heterocycles. The lowest BCUT2D eigenvalue weighted by atomic mass is 10.2. The van der Waals surface area contributed by atoms with E-state index in [-0.39, 0.29) is 11.7 Å². The van der Waals surface area contributed by atoms with Crippen molar-refractivity contribution in [2.45, 2.75) is 0 Å². The molecule has 2 aromatic rings. The van der Waals surface area contributed by atoms with Gasteiger partial charge >= 0.3 is 6.16 Å². The summed E-state index contributed by atoms with van der Waals surface area (Å²) in [6.07, 6.45) is 0.586. The standard InChI is InChI=1S/C18H18N2O6/c1-23-14-7-5-13(6-8-14)17(21)20-19-11-12-4-9-15(16(10-12)24-2)26-18(22)25-3/h4-11H,1-3H3,(H,20,21)/b19-11-. The second-order valence-electron chi connectivity index (χ2n) is 4.89. The molecule has 8 nitrogen and oxygen atoms in total. The van der Waals surface area contributed by atoms with E-state index in [4.69, 9.17) is 14.2 Å². The van der Waals surface area contributed by atoms with E-state index in [9.17, 15) is 9.59 Å². The van der Waals surface area contributed by atoms with E-state index in [2.05, 4.69) is 15.3 Å². The van der Waals surface area contributed by atoms with Gasteiger partial charge in [-0.15, -0.1) is 0 Å². The van der Waals surface area contributed by atoms with E-state index in [1.807, 2.05) is 0 Å². The molecule has 0 fully saturated rings. The molecule has 0 atom stereocenters. The average molecular weight is 358 g/mol. The van der Waals surface area contributed by atoms with Gasteiger partial charge in [0.15, 0.2) is 11.5 Å². The van der Waals surface area contributed by atoms with Crippen LogP contribution in [0.3, 0.4) is 0 Å². The van der Waals surface area contributed by atoms with Crippen molar-refractivity contribution in [3.8, 4) is 17.2 Å². The summed E-state index contributed by atoms with van der Waals surface area (Å²) < 4.78 is 19.6. The molecule has 2 aromatic carbocycles. The van der Waals surface area contributed by atoms with E-state index in [1.54, 1.807) is 43.5 Å². The molecule has 8 heteroatoms. The third-order valence-electron chi connectivity index (χ3n) is 3.28. The van der Waals surface area contributed by atoms with E-state index < -0.39 is 6.16 Å². The number of carbonyl (C=O) groups excluding carboxylic acids is 2. The lowest BCUT2D eigenvalue weighted by Gasteiger charge is -2.08. The summed E-state index contributed by atoms with van der Waals surface area (Å²) in [5, 5.41) is 3.90. The molecule has 0 saturated heterocycles. The highest BCUT2D eigenvalue weighted by Crippen LogP contribution is 2.27. The van der Waals surface area contributed by atoms with Crippen LogP contribution in [0.1, 0.15) is 15.9 Å². The molecule has 0 spiro atoms. The summed E-state index contributed by atoms with van der Waals surface area (Å²) >= 11 is 0. The third-order valence-corrected chi connectivity index (χ3v) is 3.28. The largest absolute Gasteiger partial charge is 0.513 e. The molecule has 0 aromatic heterocycles. The highest BCUT2D eigenvalue weighted by molar-refractivity contribution is 5.95. The number of hydrogen-bond donors (Lipinski definition) is 1.